The summed E-state index contributed by atoms with van der Waals surface area (Å²) < 4.78 is 4.93. The summed E-state index contributed by atoms with van der Waals surface area (Å²) in [7, 11) is 1.38. The smallest absolute Gasteiger partial charge is 0.340 e. The molecule has 2 aromatic heterocycles. The standard InChI is InChI=1S/C20H19N3O2S3/c1-25-18(24)13-11-16(12-7-3-2-4-8-12)27-17(13)22-19(26)23-20-21-14-9-5-6-10-15(14)28-20/h2-4,7-8,11H,5-6,9-10H2,1H3,(H2,21,22,23,26). The van der Waals surface area contributed by atoms with Gasteiger partial charge in [-0.1, -0.05) is 30.3 Å². The van der Waals surface area contributed by atoms with Gasteiger partial charge >= 0.3 is 5.97 Å². The van der Waals surface area contributed by atoms with E-state index in [0.717, 1.165) is 28.4 Å². The number of rotatable bonds is 4. The van der Waals surface area contributed by atoms with E-state index in [1.807, 2.05) is 36.4 Å². The van der Waals surface area contributed by atoms with Crippen LogP contribution in [0.3, 0.4) is 0 Å². The number of hydrogen-bond donors (Lipinski definition) is 2. The lowest BCUT2D eigenvalue weighted by atomic mass is 10.0. The van der Waals surface area contributed by atoms with Crippen LogP contribution in [0.4, 0.5) is 10.1 Å². The minimum atomic E-state index is -0.395. The summed E-state index contributed by atoms with van der Waals surface area (Å²) in [5.74, 6) is -0.395. The van der Waals surface area contributed by atoms with Crippen LogP contribution in [0.1, 0.15) is 33.8 Å². The summed E-state index contributed by atoms with van der Waals surface area (Å²) in [5.41, 5.74) is 2.69. The average Bonchev–Trinajstić information content (AvgIpc) is 3.31. The Bertz CT molecular complexity index is 988. The lowest BCUT2D eigenvalue weighted by Gasteiger charge is -2.08. The topological polar surface area (TPSA) is 63.2 Å². The average molecular weight is 430 g/mol. The second-order valence-electron chi connectivity index (χ2n) is 6.39. The second kappa shape index (κ2) is 8.38. The molecule has 1 aliphatic rings. The first-order valence-corrected chi connectivity index (χ1v) is 11.0. The van der Waals surface area contributed by atoms with Crippen molar-refractivity contribution in [2.24, 2.45) is 0 Å². The van der Waals surface area contributed by atoms with Crippen LogP contribution in [0.5, 0.6) is 0 Å². The molecule has 0 atom stereocenters. The highest BCUT2D eigenvalue weighted by atomic mass is 32.1. The van der Waals surface area contributed by atoms with Crippen molar-refractivity contribution in [3.05, 3.63) is 52.5 Å². The number of nitrogens with one attached hydrogen (secondary N) is 2. The highest BCUT2D eigenvalue weighted by molar-refractivity contribution is 7.80. The van der Waals surface area contributed by atoms with Crippen molar-refractivity contribution in [3.63, 3.8) is 0 Å². The molecule has 0 unspecified atom stereocenters. The number of thiocarbonyl (C=S) groups is 1. The first-order valence-electron chi connectivity index (χ1n) is 8.98. The number of aryl methyl sites for hydroxylation is 2. The fourth-order valence-electron chi connectivity index (χ4n) is 3.13. The van der Waals surface area contributed by atoms with Crippen molar-refractivity contribution < 1.29 is 9.53 Å². The van der Waals surface area contributed by atoms with Crippen molar-refractivity contribution in [2.75, 3.05) is 17.7 Å². The zero-order valence-electron chi connectivity index (χ0n) is 15.3. The number of methoxy groups -OCH3 is 1. The van der Waals surface area contributed by atoms with Crippen LogP contribution in [0.25, 0.3) is 10.4 Å². The van der Waals surface area contributed by atoms with Crippen molar-refractivity contribution in [3.8, 4) is 10.4 Å². The first-order chi connectivity index (χ1) is 13.6. The Labute approximate surface area is 176 Å². The van der Waals surface area contributed by atoms with E-state index in [9.17, 15) is 4.79 Å². The zero-order chi connectivity index (χ0) is 19.5. The summed E-state index contributed by atoms with van der Waals surface area (Å²) in [4.78, 5) is 19.2. The van der Waals surface area contributed by atoms with Gasteiger partial charge < -0.3 is 15.4 Å². The Morgan fingerprint density at radius 3 is 2.68 bits per heavy atom. The van der Waals surface area contributed by atoms with Gasteiger partial charge in [0.25, 0.3) is 0 Å². The van der Waals surface area contributed by atoms with Crippen molar-refractivity contribution in [1.29, 1.82) is 0 Å². The molecular formula is C20H19N3O2S3. The molecule has 0 spiro atoms. The van der Waals surface area contributed by atoms with Gasteiger partial charge in [-0.25, -0.2) is 9.78 Å². The molecule has 0 saturated heterocycles. The van der Waals surface area contributed by atoms with E-state index < -0.39 is 5.97 Å². The molecule has 0 radical (unpaired) electrons. The minimum absolute atomic E-state index is 0.395. The summed E-state index contributed by atoms with van der Waals surface area (Å²) >= 11 is 8.59. The third-order valence-corrected chi connectivity index (χ3v) is 6.87. The van der Waals surface area contributed by atoms with Crippen molar-refractivity contribution in [1.82, 2.24) is 4.98 Å². The normalized spacial score (nSPS) is 12.9. The number of ether oxygens (including phenoxy) is 1. The van der Waals surface area contributed by atoms with E-state index in [-0.39, 0.29) is 0 Å². The number of nitrogens with zero attached hydrogens (tertiary/aromatic N) is 1. The molecule has 2 N–H and O–H groups in total. The van der Waals surface area contributed by atoms with Gasteiger partial charge in [0.05, 0.1) is 18.4 Å². The van der Waals surface area contributed by atoms with E-state index in [2.05, 4.69) is 15.6 Å². The predicted molar refractivity (Wildman–Crippen MR) is 120 cm³/mol. The van der Waals surface area contributed by atoms with Gasteiger partial charge in [-0.15, -0.1) is 22.7 Å². The molecular weight excluding hydrogens is 410 g/mol. The third-order valence-electron chi connectivity index (χ3n) is 4.49. The van der Waals surface area contributed by atoms with Gasteiger partial charge in [-0.05, 0) is 49.5 Å². The van der Waals surface area contributed by atoms with Crippen LogP contribution in [-0.4, -0.2) is 23.2 Å². The number of thiazole rings is 1. The number of fused-ring (bicyclic) bond motifs is 1. The maximum Gasteiger partial charge on any atom is 0.340 e. The highest BCUT2D eigenvalue weighted by Gasteiger charge is 2.20. The Hall–Kier alpha value is -2.29. The molecule has 4 rings (SSSR count). The van der Waals surface area contributed by atoms with Gasteiger partial charge in [-0.3, -0.25) is 0 Å². The molecule has 0 aliphatic heterocycles. The molecule has 5 nitrogen and oxygen atoms in total. The Kier molecular flexibility index (Phi) is 5.70. The number of aromatic nitrogens is 1. The molecule has 0 fully saturated rings. The molecule has 2 heterocycles. The SMILES string of the molecule is COC(=O)c1cc(-c2ccccc2)sc1NC(=S)Nc1nc2c(s1)CCCC2. The lowest BCUT2D eigenvalue weighted by Crippen LogP contribution is -2.19. The monoisotopic (exact) mass is 429 g/mol. The van der Waals surface area contributed by atoms with E-state index in [1.54, 1.807) is 11.3 Å². The van der Waals surface area contributed by atoms with Gasteiger partial charge in [0, 0.05) is 9.75 Å². The quantitative estimate of drug-likeness (QED) is 0.431. The molecule has 1 aliphatic carbocycles. The summed E-state index contributed by atoms with van der Waals surface area (Å²) in [6.07, 6.45) is 4.54. The zero-order valence-corrected chi connectivity index (χ0v) is 17.7. The lowest BCUT2D eigenvalue weighted by molar-refractivity contribution is 0.0602. The molecule has 0 amide bonds. The highest BCUT2D eigenvalue weighted by Crippen LogP contribution is 2.36. The van der Waals surface area contributed by atoms with E-state index in [0.29, 0.717) is 15.7 Å². The molecule has 144 valence electrons. The molecule has 0 bridgehead atoms. The van der Waals surface area contributed by atoms with Crippen molar-refractivity contribution in [2.45, 2.75) is 25.7 Å². The fourth-order valence-corrected chi connectivity index (χ4v) is 5.57. The number of esters is 1. The number of hydrogen-bond acceptors (Lipinski definition) is 6. The third kappa shape index (κ3) is 4.09. The second-order valence-corrected chi connectivity index (χ2v) is 8.93. The maximum atomic E-state index is 12.2. The summed E-state index contributed by atoms with van der Waals surface area (Å²) in [6.45, 7) is 0. The number of benzene rings is 1. The Balaban J connectivity index is 1.54. The van der Waals surface area contributed by atoms with E-state index in [4.69, 9.17) is 17.0 Å². The Morgan fingerprint density at radius 1 is 1.14 bits per heavy atom. The number of anilines is 2. The van der Waals surface area contributed by atoms with E-state index >= 15 is 0 Å². The summed E-state index contributed by atoms with van der Waals surface area (Å²) in [5, 5.41) is 8.18. The van der Waals surface area contributed by atoms with Crippen molar-refractivity contribution >= 4 is 56.1 Å². The molecule has 3 aromatic rings. The van der Waals surface area contributed by atoms with Gasteiger partial charge in [-0.2, -0.15) is 0 Å². The van der Waals surface area contributed by atoms with Gasteiger partial charge in [0.2, 0.25) is 0 Å². The largest absolute Gasteiger partial charge is 0.465 e. The molecule has 8 heteroatoms. The van der Waals surface area contributed by atoms with Crippen LogP contribution in [0.15, 0.2) is 36.4 Å². The number of carbonyl (C=O) groups is 1. The maximum absolute atomic E-state index is 12.2. The number of carbonyl (C=O) groups excluding carboxylic acids is 1. The Morgan fingerprint density at radius 2 is 1.93 bits per heavy atom. The number of thiophene rings is 1. The van der Waals surface area contributed by atoms with Gasteiger partial charge in [0.15, 0.2) is 10.2 Å². The first kappa shape index (κ1) is 19.0. The summed E-state index contributed by atoms with van der Waals surface area (Å²) in [6, 6.07) is 11.7. The van der Waals surface area contributed by atoms with Crippen LogP contribution in [0.2, 0.25) is 0 Å². The van der Waals surface area contributed by atoms with Gasteiger partial charge in [0.1, 0.15) is 5.00 Å². The fraction of sp³-hybridized carbons (Fsp3) is 0.250. The predicted octanol–water partition coefficient (Wildman–Crippen LogP) is 5.35. The minimum Gasteiger partial charge on any atom is -0.465 e. The molecule has 0 saturated carbocycles. The molecule has 1 aromatic carbocycles. The van der Waals surface area contributed by atoms with Crippen LogP contribution < -0.4 is 10.6 Å². The van der Waals surface area contributed by atoms with Crippen LogP contribution in [-0.2, 0) is 17.6 Å². The van der Waals surface area contributed by atoms with Crippen LogP contribution >= 0.6 is 34.9 Å². The molecule has 28 heavy (non-hydrogen) atoms. The van der Waals surface area contributed by atoms with E-state index in [1.165, 1.54) is 41.9 Å². The van der Waals surface area contributed by atoms with Crippen LogP contribution in [0, 0.1) is 0 Å².